The molecule has 3 aromatic rings. The first-order valence-corrected chi connectivity index (χ1v) is 13.6. The van der Waals surface area contributed by atoms with Crippen LogP contribution >= 0.6 is 0 Å². The van der Waals surface area contributed by atoms with Gasteiger partial charge in [-0.15, -0.1) is 5.11 Å². The molecule has 4 N–H and O–H groups in total. The Hall–Kier alpha value is -3.60. The third-order valence-corrected chi connectivity index (χ3v) is 7.06. The van der Waals surface area contributed by atoms with Gasteiger partial charge >= 0.3 is 0 Å². The van der Waals surface area contributed by atoms with Gasteiger partial charge in [-0.3, -0.25) is 4.79 Å². The largest absolute Gasteiger partial charge is 0.378 e. The van der Waals surface area contributed by atoms with E-state index in [1.54, 1.807) is 24.3 Å². The summed E-state index contributed by atoms with van der Waals surface area (Å²) in [4.78, 5) is 13.7. The van der Waals surface area contributed by atoms with Gasteiger partial charge in [0.2, 0.25) is 15.9 Å². The lowest BCUT2D eigenvalue weighted by Gasteiger charge is -2.14. The molecular weight excluding hydrogens is 488 g/mol. The Bertz CT molecular complexity index is 1290. The molecule has 0 fully saturated rings. The number of anilines is 1. The van der Waals surface area contributed by atoms with Crippen LogP contribution in [0.25, 0.3) is 11.1 Å². The van der Waals surface area contributed by atoms with Crippen molar-refractivity contribution in [2.45, 2.75) is 24.2 Å². The molecule has 0 saturated carbocycles. The fourth-order valence-corrected chi connectivity index (χ4v) is 4.74. The third-order valence-electron chi connectivity index (χ3n) is 5.57. The molecule has 10 heteroatoms. The van der Waals surface area contributed by atoms with Gasteiger partial charge in [0.15, 0.2) is 0 Å². The monoisotopic (exact) mass is 522 g/mol. The van der Waals surface area contributed by atoms with Gasteiger partial charge in [-0.05, 0) is 66.9 Å². The zero-order valence-electron chi connectivity index (χ0n) is 21.2. The topological polar surface area (TPSA) is 129 Å². The van der Waals surface area contributed by atoms with Crippen molar-refractivity contribution in [3.05, 3.63) is 72.8 Å². The van der Waals surface area contributed by atoms with Crippen LogP contribution in [-0.2, 0) is 14.8 Å². The Labute approximate surface area is 218 Å². The minimum absolute atomic E-state index is 0.0355. The standard InChI is InChI=1S/C27H34N6O3S/c1-33(2)24-14-11-21(12-15-24)22-13-16-25(32-31-23-8-4-3-5-9-23)26(20-22)37(35,36)30-19-7-18-29-27(34)10-6-17-28/h3-5,8-9,11-16,20,30H,6-7,10,17-19,28H2,1-2H3,(H,29,34). The molecule has 0 spiro atoms. The molecule has 0 aliphatic carbocycles. The van der Waals surface area contributed by atoms with Crippen LogP contribution in [0.2, 0.25) is 0 Å². The van der Waals surface area contributed by atoms with Gasteiger partial charge in [-0.25, -0.2) is 13.1 Å². The number of nitrogens with one attached hydrogen (secondary N) is 2. The summed E-state index contributed by atoms with van der Waals surface area (Å²) in [6, 6.07) is 22.1. The number of nitrogens with two attached hydrogens (primary N) is 1. The maximum atomic E-state index is 13.3. The number of carbonyl (C=O) groups excluding carboxylic acids is 1. The summed E-state index contributed by atoms with van der Waals surface area (Å²) in [6.45, 7) is 0.983. The normalized spacial score (nSPS) is 11.5. The average molecular weight is 523 g/mol. The van der Waals surface area contributed by atoms with Crippen molar-refractivity contribution in [3.8, 4) is 11.1 Å². The van der Waals surface area contributed by atoms with E-state index in [2.05, 4.69) is 20.3 Å². The van der Waals surface area contributed by atoms with Gasteiger partial charge < -0.3 is 16.0 Å². The Morgan fingerprint density at radius 3 is 2.27 bits per heavy atom. The highest BCUT2D eigenvalue weighted by Gasteiger charge is 2.20. The van der Waals surface area contributed by atoms with Crippen LogP contribution in [-0.4, -0.2) is 48.1 Å². The second-order valence-corrected chi connectivity index (χ2v) is 10.4. The molecule has 0 atom stereocenters. The van der Waals surface area contributed by atoms with Crippen molar-refractivity contribution in [2.24, 2.45) is 16.0 Å². The van der Waals surface area contributed by atoms with Crippen LogP contribution in [0, 0.1) is 0 Å². The van der Waals surface area contributed by atoms with Crippen molar-refractivity contribution in [2.75, 3.05) is 38.6 Å². The Morgan fingerprint density at radius 2 is 1.59 bits per heavy atom. The molecule has 37 heavy (non-hydrogen) atoms. The lowest BCUT2D eigenvalue weighted by molar-refractivity contribution is -0.121. The number of sulfonamides is 1. The number of benzene rings is 3. The van der Waals surface area contributed by atoms with E-state index < -0.39 is 10.0 Å². The van der Waals surface area contributed by atoms with Gasteiger partial charge in [-0.1, -0.05) is 36.4 Å². The zero-order valence-corrected chi connectivity index (χ0v) is 22.0. The van der Waals surface area contributed by atoms with Crippen LogP contribution in [0.5, 0.6) is 0 Å². The molecule has 1 amide bonds. The number of azo groups is 1. The molecule has 0 aliphatic rings. The fourth-order valence-electron chi connectivity index (χ4n) is 3.50. The summed E-state index contributed by atoms with van der Waals surface area (Å²) in [5.41, 5.74) is 8.94. The van der Waals surface area contributed by atoms with E-state index in [1.165, 1.54) is 0 Å². The predicted octanol–water partition coefficient (Wildman–Crippen LogP) is 4.36. The summed E-state index contributed by atoms with van der Waals surface area (Å²) in [6.07, 6.45) is 1.42. The van der Waals surface area contributed by atoms with E-state index in [0.29, 0.717) is 38.0 Å². The van der Waals surface area contributed by atoms with Crippen LogP contribution in [0.4, 0.5) is 17.1 Å². The summed E-state index contributed by atoms with van der Waals surface area (Å²) < 4.78 is 29.2. The summed E-state index contributed by atoms with van der Waals surface area (Å²) in [5.74, 6) is -0.0927. The molecular formula is C27H34N6O3S. The van der Waals surface area contributed by atoms with Gasteiger partial charge in [0.1, 0.15) is 10.6 Å². The molecule has 0 unspecified atom stereocenters. The molecule has 0 bridgehead atoms. The van der Waals surface area contributed by atoms with E-state index in [-0.39, 0.29) is 23.0 Å². The van der Waals surface area contributed by atoms with Crippen molar-refractivity contribution >= 4 is 33.0 Å². The molecule has 0 saturated heterocycles. The summed E-state index contributed by atoms with van der Waals surface area (Å²) in [7, 11) is 0.0201. The minimum atomic E-state index is -3.90. The first-order valence-electron chi connectivity index (χ1n) is 12.1. The molecule has 3 rings (SSSR count). The van der Waals surface area contributed by atoms with Crippen LogP contribution in [0.3, 0.4) is 0 Å². The maximum absolute atomic E-state index is 13.3. The number of hydrogen-bond donors (Lipinski definition) is 3. The SMILES string of the molecule is CN(C)c1ccc(-c2ccc(N=Nc3ccccc3)c(S(=O)(=O)NCCCNC(=O)CCCN)c2)cc1. The molecule has 0 aliphatic heterocycles. The van der Waals surface area contributed by atoms with Gasteiger partial charge in [0, 0.05) is 39.3 Å². The van der Waals surface area contributed by atoms with Crippen LogP contribution in [0.1, 0.15) is 19.3 Å². The summed E-state index contributed by atoms with van der Waals surface area (Å²) >= 11 is 0. The molecule has 0 radical (unpaired) electrons. The number of amides is 1. The molecule has 196 valence electrons. The molecule has 3 aromatic carbocycles. The van der Waals surface area contributed by atoms with Crippen LogP contribution in [0.15, 0.2) is 87.9 Å². The third kappa shape index (κ3) is 8.49. The van der Waals surface area contributed by atoms with E-state index in [0.717, 1.165) is 16.8 Å². The lowest BCUT2D eigenvalue weighted by atomic mass is 10.0. The first-order chi connectivity index (χ1) is 17.8. The van der Waals surface area contributed by atoms with Gasteiger partial charge in [0.25, 0.3) is 0 Å². The molecule has 9 nitrogen and oxygen atoms in total. The highest BCUT2D eigenvalue weighted by Crippen LogP contribution is 2.32. The smallest absolute Gasteiger partial charge is 0.242 e. The average Bonchev–Trinajstić information content (AvgIpc) is 2.91. The maximum Gasteiger partial charge on any atom is 0.242 e. The predicted molar refractivity (Wildman–Crippen MR) is 148 cm³/mol. The number of carbonyl (C=O) groups is 1. The first kappa shape index (κ1) is 28.0. The second kappa shape index (κ2) is 13.6. The highest BCUT2D eigenvalue weighted by molar-refractivity contribution is 7.89. The van der Waals surface area contributed by atoms with E-state index in [9.17, 15) is 13.2 Å². The Kier molecular flexibility index (Phi) is 10.3. The quantitative estimate of drug-likeness (QED) is 0.227. The number of hydrogen-bond acceptors (Lipinski definition) is 7. The van der Waals surface area contributed by atoms with E-state index >= 15 is 0 Å². The molecule has 0 aromatic heterocycles. The molecule has 0 heterocycles. The van der Waals surface area contributed by atoms with E-state index in [1.807, 2.05) is 67.5 Å². The lowest BCUT2D eigenvalue weighted by Crippen LogP contribution is -2.30. The van der Waals surface area contributed by atoms with Gasteiger partial charge in [0.05, 0.1) is 5.69 Å². The van der Waals surface area contributed by atoms with Crippen molar-refractivity contribution in [1.29, 1.82) is 0 Å². The number of nitrogens with zero attached hydrogens (tertiary/aromatic N) is 3. The van der Waals surface area contributed by atoms with Gasteiger partial charge in [-0.2, -0.15) is 5.11 Å². The van der Waals surface area contributed by atoms with Crippen molar-refractivity contribution < 1.29 is 13.2 Å². The Balaban J connectivity index is 1.81. The minimum Gasteiger partial charge on any atom is -0.378 e. The fraction of sp³-hybridized carbons (Fsp3) is 0.296. The van der Waals surface area contributed by atoms with E-state index in [4.69, 9.17) is 5.73 Å². The number of rotatable bonds is 13. The highest BCUT2D eigenvalue weighted by atomic mass is 32.2. The van der Waals surface area contributed by atoms with Crippen molar-refractivity contribution in [3.63, 3.8) is 0 Å². The zero-order chi connectivity index (χ0) is 26.7. The summed E-state index contributed by atoms with van der Waals surface area (Å²) in [5, 5.41) is 11.2. The van der Waals surface area contributed by atoms with Crippen LogP contribution < -0.4 is 20.7 Å². The van der Waals surface area contributed by atoms with Crippen molar-refractivity contribution in [1.82, 2.24) is 10.0 Å². The Morgan fingerprint density at radius 1 is 0.892 bits per heavy atom. The second-order valence-electron chi connectivity index (χ2n) is 8.65.